The van der Waals surface area contributed by atoms with Gasteiger partial charge in [-0.1, -0.05) is 12.1 Å². The second-order valence-electron chi connectivity index (χ2n) is 4.50. The van der Waals surface area contributed by atoms with Gasteiger partial charge in [0.25, 0.3) is 0 Å². The molecule has 1 atom stereocenters. The topological polar surface area (TPSA) is 67.8 Å². The van der Waals surface area contributed by atoms with Crippen molar-refractivity contribution in [3.63, 3.8) is 0 Å². The standard InChI is InChI=1S/C15H23NO4/c1-3-20-14-6-4-12(5-7-14)10-15(18)16-9-8-13(17)11-19-2/h4-7,13,17H,3,8-11H2,1-2H3,(H,16,18). The summed E-state index contributed by atoms with van der Waals surface area (Å²) in [6, 6.07) is 7.47. The minimum Gasteiger partial charge on any atom is -0.494 e. The first-order chi connectivity index (χ1) is 9.65. The van der Waals surface area contributed by atoms with Gasteiger partial charge < -0.3 is 19.9 Å². The summed E-state index contributed by atoms with van der Waals surface area (Å²) in [6.07, 6.45) is 0.279. The van der Waals surface area contributed by atoms with Crippen LogP contribution in [0.15, 0.2) is 24.3 Å². The fourth-order valence-corrected chi connectivity index (χ4v) is 1.77. The Hall–Kier alpha value is -1.59. The molecule has 0 spiro atoms. The molecule has 0 aliphatic carbocycles. The first-order valence-corrected chi connectivity index (χ1v) is 6.81. The van der Waals surface area contributed by atoms with E-state index in [4.69, 9.17) is 9.47 Å². The number of carbonyl (C=O) groups is 1. The molecule has 1 aromatic carbocycles. The smallest absolute Gasteiger partial charge is 0.224 e. The molecule has 5 heteroatoms. The number of amides is 1. The van der Waals surface area contributed by atoms with Crippen molar-refractivity contribution in [2.24, 2.45) is 0 Å². The molecule has 0 aliphatic rings. The van der Waals surface area contributed by atoms with Crippen LogP contribution in [0.3, 0.4) is 0 Å². The monoisotopic (exact) mass is 281 g/mol. The number of hydrogen-bond acceptors (Lipinski definition) is 4. The number of aliphatic hydroxyl groups is 1. The highest BCUT2D eigenvalue weighted by atomic mass is 16.5. The number of methoxy groups -OCH3 is 1. The average molecular weight is 281 g/mol. The SMILES string of the molecule is CCOc1ccc(CC(=O)NCCC(O)COC)cc1. The third-order valence-electron chi connectivity index (χ3n) is 2.76. The lowest BCUT2D eigenvalue weighted by molar-refractivity contribution is -0.120. The van der Waals surface area contributed by atoms with E-state index in [-0.39, 0.29) is 12.5 Å². The van der Waals surface area contributed by atoms with Gasteiger partial charge in [0.05, 0.1) is 25.7 Å². The quantitative estimate of drug-likeness (QED) is 0.712. The van der Waals surface area contributed by atoms with E-state index in [0.717, 1.165) is 11.3 Å². The van der Waals surface area contributed by atoms with Gasteiger partial charge >= 0.3 is 0 Å². The van der Waals surface area contributed by atoms with Crippen molar-refractivity contribution in [2.45, 2.75) is 25.9 Å². The molecule has 0 aliphatic heterocycles. The molecular weight excluding hydrogens is 258 g/mol. The normalized spacial score (nSPS) is 11.9. The summed E-state index contributed by atoms with van der Waals surface area (Å²) in [4.78, 5) is 11.7. The predicted molar refractivity (Wildman–Crippen MR) is 76.8 cm³/mol. The second kappa shape index (κ2) is 9.34. The van der Waals surface area contributed by atoms with Crippen LogP contribution >= 0.6 is 0 Å². The fourth-order valence-electron chi connectivity index (χ4n) is 1.77. The van der Waals surface area contributed by atoms with Crippen LogP contribution in [0.4, 0.5) is 0 Å². The zero-order valence-corrected chi connectivity index (χ0v) is 12.1. The van der Waals surface area contributed by atoms with E-state index in [1.807, 2.05) is 31.2 Å². The van der Waals surface area contributed by atoms with Crippen molar-refractivity contribution in [3.05, 3.63) is 29.8 Å². The fraction of sp³-hybridized carbons (Fsp3) is 0.533. The van der Waals surface area contributed by atoms with Crippen LogP contribution in [0, 0.1) is 0 Å². The Morgan fingerprint density at radius 1 is 1.35 bits per heavy atom. The molecular formula is C15H23NO4. The minimum atomic E-state index is -0.536. The van der Waals surface area contributed by atoms with E-state index in [1.165, 1.54) is 7.11 Å². The lowest BCUT2D eigenvalue weighted by atomic mass is 10.1. The van der Waals surface area contributed by atoms with E-state index in [2.05, 4.69) is 5.32 Å². The number of carbonyl (C=O) groups excluding carboxylic acids is 1. The number of benzene rings is 1. The van der Waals surface area contributed by atoms with Gasteiger partial charge in [0.2, 0.25) is 5.91 Å². The van der Waals surface area contributed by atoms with Crippen LogP contribution in [-0.4, -0.2) is 44.0 Å². The maximum absolute atomic E-state index is 11.7. The molecule has 112 valence electrons. The van der Waals surface area contributed by atoms with E-state index in [9.17, 15) is 9.90 Å². The molecule has 0 fully saturated rings. The first kappa shape index (κ1) is 16.5. The summed E-state index contributed by atoms with van der Waals surface area (Å²) in [7, 11) is 1.54. The van der Waals surface area contributed by atoms with Crippen molar-refractivity contribution in [1.82, 2.24) is 5.32 Å². The molecule has 5 nitrogen and oxygen atoms in total. The lowest BCUT2D eigenvalue weighted by Crippen LogP contribution is -2.29. The molecule has 0 aromatic heterocycles. The summed E-state index contributed by atoms with van der Waals surface area (Å²) in [6.45, 7) is 3.29. The number of nitrogens with one attached hydrogen (secondary N) is 1. The molecule has 0 saturated heterocycles. The highest BCUT2D eigenvalue weighted by Crippen LogP contribution is 2.12. The van der Waals surface area contributed by atoms with Crippen LogP contribution in [0.5, 0.6) is 5.75 Å². The van der Waals surface area contributed by atoms with Crippen molar-refractivity contribution in [2.75, 3.05) is 26.9 Å². The third kappa shape index (κ3) is 6.54. The van der Waals surface area contributed by atoms with Gasteiger partial charge in [0.15, 0.2) is 0 Å². The Morgan fingerprint density at radius 2 is 2.05 bits per heavy atom. The molecule has 0 saturated carbocycles. The van der Waals surface area contributed by atoms with Crippen LogP contribution < -0.4 is 10.1 Å². The zero-order valence-electron chi connectivity index (χ0n) is 12.1. The van der Waals surface area contributed by atoms with E-state index >= 15 is 0 Å². The van der Waals surface area contributed by atoms with Gasteiger partial charge in [-0.15, -0.1) is 0 Å². The molecule has 1 unspecified atom stereocenters. The average Bonchev–Trinajstić information content (AvgIpc) is 2.41. The molecule has 20 heavy (non-hydrogen) atoms. The van der Waals surface area contributed by atoms with Gasteiger partial charge in [0.1, 0.15) is 5.75 Å². The molecule has 1 aromatic rings. The number of ether oxygens (including phenoxy) is 2. The summed E-state index contributed by atoms with van der Waals surface area (Å²) in [5, 5.41) is 12.2. The number of hydrogen-bond donors (Lipinski definition) is 2. The van der Waals surface area contributed by atoms with Gasteiger partial charge in [-0.3, -0.25) is 4.79 Å². The van der Waals surface area contributed by atoms with Crippen molar-refractivity contribution in [3.8, 4) is 5.75 Å². The summed E-state index contributed by atoms with van der Waals surface area (Å²) >= 11 is 0. The Bertz CT molecular complexity index is 391. The Kier molecular flexibility index (Phi) is 7.69. The minimum absolute atomic E-state index is 0.0567. The molecule has 1 amide bonds. The number of rotatable bonds is 9. The second-order valence-corrected chi connectivity index (χ2v) is 4.50. The molecule has 0 radical (unpaired) electrons. The highest BCUT2D eigenvalue weighted by molar-refractivity contribution is 5.78. The van der Waals surface area contributed by atoms with Crippen LogP contribution in [0.2, 0.25) is 0 Å². The van der Waals surface area contributed by atoms with Gasteiger partial charge in [-0.05, 0) is 31.0 Å². The van der Waals surface area contributed by atoms with Crippen molar-refractivity contribution >= 4 is 5.91 Å². The van der Waals surface area contributed by atoms with Gasteiger partial charge in [0, 0.05) is 13.7 Å². The third-order valence-corrected chi connectivity index (χ3v) is 2.76. The summed E-state index contributed by atoms with van der Waals surface area (Å²) in [5.41, 5.74) is 0.934. The zero-order chi connectivity index (χ0) is 14.8. The van der Waals surface area contributed by atoms with Crippen molar-refractivity contribution < 1.29 is 19.4 Å². The largest absolute Gasteiger partial charge is 0.494 e. The van der Waals surface area contributed by atoms with Crippen molar-refractivity contribution in [1.29, 1.82) is 0 Å². The van der Waals surface area contributed by atoms with E-state index < -0.39 is 6.10 Å². The van der Waals surface area contributed by atoms with Crippen LogP contribution in [0.25, 0.3) is 0 Å². The van der Waals surface area contributed by atoms with Crippen LogP contribution in [0.1, 0.15) is 18.9 Å². The number of aliphatic hydroxyl groups excluding tert-OH is 1. The van der Waals surface area contributed by atoms with Gasteiger partial charge in [-0.2, -0.15) is 0 Å². The highest BCUT2D eigenvalue weighted by Gasteiger charge is 2.06. The maximum atomic E-state index is 11.7. The molecule has 2 N–H and O–H groups in total. The maximum Gasteiger partial charge on any atom is 0.224 e. The Morgan fingerprint density at radius 3 is 2.65 bits per heavy atom. The summed E-state index contributed by atoms with van der Waals surface area (Å²) < 4.78 is 10.2. The molecule has 0 heterocycles. The van der Waals surface area contributed by atoms with Crippen LogP contribution in [-0.2, 0) is 16.0 Å². The van der Waals surface area contributed by atoms with E-state index in [0.29, 0.717) is 26.0 Å². The summed E-state index contributed by atoms with van der Waals surface area (Å²) in [5.74, 6) is 0.748. The Labute approximate surface area is 119 Å². The van der Waals surface area contributed by atoms with E-state index in [1.54, 1.807) is 0 Å². The predicted octanol–water partition coefficient (Wildman–Crippen LogP) is 1.14. The first-order valence-electron chi connectivity index (χ1n) is 6.81. The lowest BCUT2D eigenvalue weighted by Gasteiger charge is -2.10. The molecule has 0 bridgehead atoms. The molecule has 1 rings (SSSR count). The van der Waals surface area contributed by atoms with Gasteiger partial charge in [-0.25, -0.2) is 0 Å². The Balaban J connectivity index is 2.27.